The van der Waals surface area contributed by atoms with Crippen LogP contribution in [-0.4, -0.2) is 54.7 Å². The van der Waals surface area contributed by atoms with Crippen LogP contribution in [0.1, 0.15) is 23.7 Å². The van der Waals surface area contributed by atoms with Gasteiger partial charge in [-0.1, -0.05) is 23.7 Å². The highest BCUT2D eigenvalue weighted by atomic mass is 35.5. The topological polar surface area (TPSA) is 26.7 Å². The Morgan fingerprint density at radius 3 is 2.79 bits per heavy atom. The van der Waals surface area contributed by atoms with Crippen LogP contribution in [-0.2, 0) is 0 Å². The first-order valence-electron chi connectivity index (χ1n) is 6.80. The fourth-order valence-electron chi connectivity index (χ4n) is 2.57. The van der Waals surface area contributed by atoms with Gasteiger partial charge in [-0.15, -0.1) is 0 Å². The first kappa shape index (κ1) is 14.8. The first-order chi connectivity index (χ1) is 8.97. The number of likely N-dealkylation sites (N-methyl/N-ethyl adjacent to an activating group) is 2. The van der Waals surface area contributed by atoms with E-state index in [4.69, 9.17) is 11.6 Å². The van der Waals surface area contributed by atoms with E-state index in [1.807, 2.05) is 25.1 Å². The molecular formula is C15H23ClN2O. The number of aliphatic hydroxyl groups is 1. The summed E-state index contributed by atoms with van der Waals surface area (Å²) in [4.78, 5) is 4.65. The fraction of sp³-hybridized carbons (Fsp3) is 0.600. The summed E-state index contributed by atoms with van der Waals surface area (Å²) in [5, 5.41) is 11.1. The molecule has 19 heavy (non-hydrogen) atoms. The van der Waals surface area contributed by atoms with Crippen molar-refractivity contribution in [3.8, 4) is 0 Å². The fourth-order valence-corrected chi connectivity index (χ4v) is 2.76. The van der Waals surface area contributed by atoms with E-state index < -0.39 is 6.10 Å². The Bertz CT molecular complexity index is 438. The first-order valence-corrected chi connectivity index (χ1v) is 7.18. The SMILES string of the molecule is Cc1ccc(C(O)CC2CN(C)CCN2C)cc1Cl. The maximum Gasteiger partial charge on any atom is 0.0806 e. The summed E-state index contributed by atoms with van der Waals surface area (Å²) in [5.41, 5.74) is 1.96. The minimum atomic E-state index is -0.447. The highest BCUT2D eigenvalue weighted by molar-refractivity contribution is 6.31. The van der Waals surface area contributed by atoms with Gasteiger partial charge in [0.25, 0.3) is 0 Å². The van der Waals surface area contributed by atoms with Gasteiger partial charge in [-0.2, -0.15) is 0 Å². The Hall–Kier alpha value is -0.610. The molecule has 1 aromatic carbocycles. The molecule has 4 heteroatoms. The Kier molecular flexibility index (Phi) is 4.85. The van der Waals surface area contributed by atoms with Gasteiger partial charge in [0.15, 0.2) is 0 Å². The smallest absolute Gasteiger partial charge is 0.0806 e. The Morgan fingerprint density at radius 1 is 1.37 bits per heavy atom. The number of benzene rings is 1. The van der Waals surface area contributed by atoms with Crippen LogP contribution >= 0.6 is 11.6 Å². The largest absolute Gasteiger partial charge is 0.388 e. The second-order valence-corrected chi connectivity index (χ2v) is 6.06. The molecule has 0 saturated carbocycles. The third-order valence-corrected chi connectivity index (χ3v) is 4.46. The molecule has 1 heterocycles. The molecule has 3 nitrogen and oxygen atoms in total. The molecular weight excluding hydrogens is 260 g/mol. The van der Waals surface area contributed by atoms with Gasteiger partial charge in [-0.05, 0) is 44.6 Å². The van der Waals surface area contributed by atoms with E-state index in [1.165, 1.54) is 0 Å². The second kappa shape index (κ2) is 6.23. The highest BCUT2D eigenvalue weighted by Gasteiger charge is 2.25. The average Bonchev–Trinajstić information content (AvgIpc) is 2.37. The molecule has 0 radical (unpaired) electrons. The quantitative estimate of drug-likeness (QED) is 0.922. The third-order valence-electron chi connectivity index (χ3n) is 4.06. The van der Waals surface area contributed by atoms with E-state index in [-0.39, 0.29) is 0 Å². The zero-order valence-corrected chi connectivity index (χ0v) is 12.7. The van der Waals surface area contributed by atoms with Gasteiger partial charge < -0.3 is 14.9 Å². The van der Waals surface area contributed by atoms with E-state index >= 15 is 0 Å². The summed E-state index contributed by atoms with van der Waals surface area (Å²) in [6.45, 7) is 5.14. The molecule has 106 valence electrons. The molecule has 2 rings (SSSR count). The summed E-state index contributed by atoms with van der Waals surface area (Å²) in [7, 11) is 4.27. The predicted molar refractivity (Wildman–Crippen MR) is 79.7 cm³/mol. The van der Waals surface area contributed by atoms with Crippen molar-refractivity contribution in [1.82, 2.24) is 9.80 Å². The normalized spacial score (nSPS) is 23.5. The molecule has 2 atom stereocenters. The lowest BCUT2D eigenvalue weighted by atomic mass is 9.99. The molecule has 0 aliphatic carbocycles. The third kappa shape index (κ3) is 3.69. The Balaban J connectivity index is 2.03. The summed E-state index contributed by atoms with van der Waals surface area (Å²) < 4.78 is 0. The Morgan fingerprint density at radius 2 is 2.11 bits per heavy atom. The average molecular weight is 283 g/mol. The number of aryl methyl sites for hydroxylation is 1. The number of piperazine rings is 1. The van der Waals surface area contributed by atoms with Crippen molar-refractivity contribution in [2.75, 3.05) is 33.7 Å². The van der Waals surface area contributed by atoms with E-state index in [1.54, 1.807) is 0 Å². The van der Waals surface area contributed by atoms with E-state index in [9.17, 15) is 5.11 Å². The molecule has 1 aliphatic heterocycles. The maximum atomic E-state index is 10.4. The summed E-state index contributed by atoms with van der Waals surface area (Å²) in [6, 6.07) is 6.22. The molecule has 0 bridgehead atoms. The van der Waals surface area contributed by atoms with Crippen molar-refractivity contribution in [3.63, 3.8) is 0 Å². The lowest BCUT2D eigenvalue weighted by molar-refractivity contribution is 0.0635. The monoisotopic (exact) mass is 282 g/mol. The van der Waals surface area contributed by atoms with Gasteiger partial charge in [-0.3, -0.25) is 0 Å². The van der Waals surface area contributed by atoms with Crippen LogP contribution in [0.2, 0.25) is 5.02 Å². The second-order valence-electron chi connectivity index (χ2n) is 5.66. The number of hydrogen-bond acceptors (Lipinski definition) is 3. The van der Waals surface area contributed by atoms with E-state index in [0.717, 1.165) is 42.2 Å². The van der Waals surface area contributed by atoms with Gasteiger partial charge in [0, 0.05) is 30.7 Å². The molecule has 0 spiro atoms. The number of nitrogens with zero attached hydrogens (tertiary/aromatic N) is 2. The summed E-state index contributed by atoms with van der Waals surface area (Å²) in [6.07, 6.45) is 0.303. The predicted octanol–water partition coefficient (Wildman–Crippen LogP) is 2.32. The van der Waals surface area contributed by atoms with E-state index in [2.05, 4.69) is 23.9 Å². The number of hydrogen-bond donors (Lipinski definition) is 1. The molecule has 1 aromatic rings. The van der Waals surface area contributed by atoms with E-state index in [0.29, 0.717) is 6.04 Å². The van der Waals surface area contributed by atoms with Gasteiger partial charge in [0.1, 0.15) is 0 Å². The number of rotatable bonds is 3. The van der Waals surface area contributed by atoms with Gasteiger partial charge >= 0.3 is 0 Å². The van der Waals surface area contributed by atoms with Crippen molar-refractivity contribution in [1.29, 1.82) is 0 Å². The van der Waals surface area contributed by atoms with Crippen LogP contribution in [0.3, 0.4) is 0 Å². The molecule has 0 aromatic heterocycles. The highest BCUT2D eigenvalue weighted by Crippen LogP contribution is 2.26. The molecule has 2 unspecified atom stereocenters. The Labute approximate surface area is 120 Å². The number of aliphatic hydroxyl groups excluding tert-OH is 1. The van der Waals surface area contributed by atoms with Crippen molar-refractivity contribution < 1.29 is 5.11 Å². The van der Waals surface area contributed by atoms with Crippen LogP contribution in [0, 0.1) is 6.92 Å². The van der Waals surface area contributed by atoms with Crippen molar-refractivity contribution >= 4 is 11.6 Å². The number of halogens is 1. The molecule has 1 saturated heterocycles. The molecule has 1 N–H and O–H groups in total. The van der Waals surface area contributed by atoms with Gasteiger partial charge in [0.2, 0.25) is 0 Å². The van der Waals surface area contributed by atoms with Crippen LogP contribution < -0.4 is 0 Å². The van der Waals surface area contributed by atoms with Crippen molar-refractivity contribution in [3.05, 3.63) is 34.3 Å². The maximum absolute atomic E-state index is 10.4. The van der Waals surface area contributed by atoms with Gasteiger partial charge in [-0.25, -0.2) is 0 Å². The van der Waals surface area contributed by atoms with Crippen molar-refractivity contribution in [2.24, 2.45) is 0 Å². The minimum absolute atomic E-state index is 0.397. The van der Waals surface area contributed by atoms with Crippen LogP contribution in [0.15, 0.2) is 18.2 Å². The van der Waals surface area contributed by atoms with Crippen molar-refractivity contribution in [2.45, 2.75) is 25.5 Å². The van der Waals surface area contributed by atoms with Crippen LogP contribution in [0.4, 0.5) is 0 Å². The zero-order chi connectivity index (χ0) is 14.0. The van der Waals surface area contributed by atoms with Gasteiger partial charge in [0.05, 0.1) is 6.10 Å². The zero-order valence-electron chi connectivity index (χ0n) is 11.9. The standard InChI is InChI=1S/C15H23ClN2O/c1-11-4-5-12(8-14(11)16)15(19)9-13-10-17(2)6-7-18(13)3/h4-5,8,13,15,19H,6-7,9-10H2,1-3H3. The summed E-state index contributed by atoms with van der Waals surface area (Å²) in [5.74, 6) is 0. The lowest BCUT2D eigenvalue weighted by Crippen LogP contribution is -2.50. The molecule has 1 fully saturated rings. The molecule has 1 aliphatic rings. The molecule has 0 amide bonds. The lowest BCUT2D eigenvalue weighted by Gasteiger charge is -2.38. The van der Waals surface area contributed by atoms with Crippen LogP contribution in [0.25, 0.3) is 0 Å². The summed E-state index contributed by atoms with van der Waals surface area (Å²) >= 11 is 6.12. The minimum Gasteiger partial charge on any atom is -0.388 e. The van der Waals surface area contributed by atoms with Crippen LogP contribution in [0.5, 0.6) is 0 Å².